The zero-order valence-electron chi connectivity index (χ0n) is 20.4. The van der Waals surface area contributed by atoms with Crippen LogP contribution in [0.1, 0.15) is 52.4 Å². The van der Waals surface area contributed by atoms with Crippen LogP contribution in [0, 0.1) is 10.5 Å². The molecule has 0 spiro atoms. The number of nitrogens with one attached hydrogen (secondary N) is 1. The average molecular weight is 591 g/mol. The monoisotopic (exact) mass is 591 g/mol. The number of fused-ring (bicyclic) bond motifs is 2. The topological polar surface area (TPSA) is 64.6 Å². The number of carbonyl (C=O) groups is 2. The van der Waals surface area contributed by atoms with Gasteiger partial charge < -0.3 is 14.8 Å². The largest absolute Gasteiger partial charge is 0.488 e. The number of hydrogen-bond donors (Lipinski definition) is 1. The maximum Gasteiger partial charge on any atom is 0.336 e. The first-order valence-electron chi connectivity index (χ1n) is 11.9. The molecule has 182 valence electrons. The molecule has 1 aliphatic heterocycles. The van der Waals surface area contributed by atoms with E-state index in [4.69, 9.17) is 9.47 Å². The van der Waals surface area contributed by atoms with Gasteiger partial charge in [-0.1, -0.05) is 60.2 Å². The molecule has 1 aliphatic carbocycles. The van der Waals surface area contributed by atoms with Crippen molar-refractivity contribution in [3.05, 3.63) is 115 Å². The van der Waals surface area contributed by atoms with Crippen LogP contribution in [0.3, 0.4) is 0 Å². The smallest absolute Gasteiger partial charge is 0.336 e. The Bertz CT molecular complexity index is 1450. The first-order chi connectivity index (χ1) is 17.4. The molecule has 1 N–H and O–H groups in total. The van der Waals surface area contributed by atoms with Crippen LogP contribution in [0.5, 0.6) is 5.75 Å². The Kier molecular flexibility index (Phi) is 6.71. The van der Waals surface area contributed by atoms with Crippen LogP contribution >= 0.6 is 22.6 Å². The van der Waals surface area contributed by atoms with Gasteiger partial charge in [-0.05, 0) is 66.6 Å². The average Bonchev–Trinajstić information content (AvgIpc) is 3.14. The third kappa shape index (κ3) is 4.34. The van der Waals surface area contributed by atoms with Crippen molar-refractivity contribution in [2.45, 2.75) is 33.3 Å². The molecule has 5 nitrogen and oxygen atoms in total. The Balaban J connectivity index is 1.54. The Morgan fingerprint density at radius 2 is 1.78 bits per heavy atom. The van der Waals surface area contributed by atoms with Gasteiger partial charge in [-0.3, -0.25) is 4.79 Å². The lowest BCUT2D eigenvalue weighted by molar-refractivity contribution is -0.138. The van der Waals surface area contributed by atoms with E-state index in [9.17, 15) is 9.59 Å². The Labute approximate surface area is 224 Å². The van der Waals surface area contributed by atoms with Crippen molar-refractivity contribution in [1.82, 2.24) is 5.32 Å². The molecule has 3 aromatic rings. The molecular weight excluding hydrogens is 565 g/mol. The summed E-state index contributed by atoms with van der Waals surface area (Å²) in [5, 5.41) is 3.33. The molecule has 1 heterocycles. The van der Waals surface area contributed by atoms with Crippen LogP contribution in [0.25, 0.3) is 5.70 Å². The van der Waals surface area contributed by atoms with Gasteiger partial charge in [-0.2, -0.15) is 0 Å². The molecule has 0 bridgehead atoms. The van der Waals surface area contributed by atoms with Crippen molar-refractivity contribution in [1.29, 1.82) is 0 Å². The van der Waals surface area contributed by atoms with Crippen LogP contribution < -0.4 is 10.1 Å². The third-order valence-corrected chi connectivity index (χ3v) is 7.35. The zero-order chi connectivity index (χ0) is 25.4. The quantitative estimate of drug-likeness (QED) is 0.269. The number of aryl methyl sites for hydroxylation is 1. The van der Waals surface area contributed by atoms with Gasteiger partial charge in [0, 0.05) is 28.3 Å². The van der Waals surface area contributed by atoms with Crippen LogP contribution in [0.15, 0.2) is 83.6 Å². The molecule has 0 unspecified atom stereocenters. The number of dihydropyridines is 1. The number of ether oxygens (including phenoxy) is 2. The number of Topliss-reactive ketones (excluding diaryl/α,β-unsaturated/α-hetero) is 1. The number of carbonyl (C=O) groups excluding carboxylic acids is 2. The van der Waals surface area contributed by atoms with Crippen molar-refractivity contribution in [3.8, 4) is 5.75 Å². The van der Waals surface area contributed by atoms with E-state index >= 15 is 0 Å². The van der Waals surface area contributed by atoms with Crippen molar-refractivity contribution >= 4 is 40.0 Å². The number of ketones is 1. The van der Waals surface area contributed by atoms with Crippen molar-refractivity contribution in [2.24, 2.45) is 0 Å². The molecule has 0 fully saturated rings. The van der Waals surface area contributed by atoms with E-state index in [0.717, 1.165) is 31.7 Å². The first-order valence-corrected chi connectivity index (χ1v) is 13.0. The predicted molar refractivity (Wildman–Crippen MR) is 148 cm³/mol. The van der Waals surface area contributed by atoms with Crippen LogP contribution in [-0.4, -0.2) is 18.4 Å². The molecule has 2 aliphatic rings. The molecule has 0 saturated heterocycles. The van der Waals surface area contributed by atoms with Crippen LogP contribution in [-0.2, 0) is 16.1 Å². The van der Waals surface area contributed by atoms with Crippen LogP contribution in [0.2, 0.25) is 0 Å². The molecule has 5 rings (SSSR count). The van der Waals surface area contributed by atoms with Gasteiger partial charge in [0.2, 0.25) is 0 Å². The minimum Gasteiger partial charge on any atom is -0.488 e. The summed E-state index contributed by atoms with van der Waals surface area (Å²) >= 11 is 2.25. The number of benzene rings is 3. The maximum absolute atomic E-state index is 13.6. The normalized spacial score (nSPS) is 16.4. The maximum atomic E-state index is 13.6. The second kappa shape index (κ2) is 9.93. The number of rotatable bonds is 6. The second-order valence-electron chi connectivity index (χ2n) is 8.95. The highest BCUT2D eigenvalue weighted by Gasteiger charge is 2.43. The summed E-state index contributed by atoms with van der Waals surface area (Å²) in [5.41, 5.74) is 7.13. The summed E-state index contributed by atoms with van der Waals surface area (Å²) in [6.07, 6.45) is 0. The van der Waals surface area contributed by atoms with E-state index in [-0.39, 0.29) is 12.4 Å². The molecule has 1 atom stereocenters. The van der Waals surface area contributed by atoms with Crippen LogP contribution in [0.4, 0.5) is 0 Å². The van der Waals surface area contributed by atoms with Crippen molar-refractivity contribution in [2.75, 3.05) is 6.61 Å². The summed E-state index contributed by atoms with van der Waals surface area (Å²) in [4.78, 5) is 26.7. The van der Waals surface area contributed by atoms with Gasteiger partial charge in [0.25, 0.3) is 0 Å². The van der Waals surface area contributed by atoms with Gasteiger partial charge in [0.1, 0.15) is 12.4 Å². The van der Waals surface area contributed by atoms with E-state index in [1.165, 1.54) is 5.56 Å². The number of esters is 1. The summed E-state index contributed by atoms with van der Waals surface area (Å²) in [6.45, 7) is 6.41. The van der Waals surface area contributed by atoms with E-state index in [1.807, 2.05) is 61.5 Å². The fraction of sp³-hybridized carbons (Fsp3) is 0.200. The highest BCUT2D eigenvalue weighted by molar-refractivity contribution is 14.1. The van der Waals surface area contributed by atoms with Gasteiger partial charge >= 0.3 is 5.97 Å². The van der Waals surface area contributed by atoms with Gasteiger partial charge in [0.15, 0.2) is 5.78 Å². The number of hydrogen-bond acceptors (Lipinski definition) is 5. The van der Waals surface area contributed by atoms with E-state index < -0.39 is 11.9 Å². The SMILES string of the molecule is CCOC(=O)C1=C(C)NC2=C(C(=O)c3ccccc32)[C@@H]1c1ccc(OCc2cccc(C)c2)c(I)c1. The highest BCUT2D eigenvalue weighted by Crippen LogP contribution is 2.47. The van der Waals surface area contributed by atoms with E-state index in [0.29, 0.717) is 29.0 Å². The Morgan fingerprint density at radius 3 is 2.50 bits per heavy atom. The molecule has 6 heteroatoms. The molecule has 0 amide bonds. The molecule has 0 saturated carbocycles. The fourth-order valence-corrected chi connectivity index (χ4v) is 5.61. The highest BCUT2D eigenvalue weighted by atomic mass is 127. The summed E-state index contributed by atoms with van der Waals surface area (Å²) in [6, 6.07) is 21.6. The summed E-state index contributed by atoms with van der Waals surface area (Å²) < 4.78 is 12.4. The van der Waals surface area contributed by atoms with Gasteiger partial charge in [-0.15, -0.1) is 0 Å². The third-order valence-electron chi connectivity index (χ3n) is 6.51. The van der Waals surface area contributed by atoms with Crippen molar-refractivity contribution < 1.29 is 19.1 Å². The zero-order valence-corrected chi connectivity index (χ0v) is 22.5. The lowest BCUT2D eigenvalue weighted by Crippen LogP contribution is -2.29. The molecule has 36 heavy (non-hydrogen) atoms. The Morgan fingerprint density at radius 1 is 1.00 bits per heavy atom. The lowest BCUT2D eigenvalue weighted by atomic mass is 9.80. The predicted octanol–water partition coefficient (Wildman–Crippen LogP) is 6.31. The van der Waals surface area contributed by atoms with Crippen molar-refractivity contribution in [3.63, 3.8) is 0 Å². The molecular formula is C30H26INO4. The standard InChI is InChI=1S/C30H26INO4/c1-4-35-30(34)25-18(3)32-28-21-10-5-6-11-22(21)29(33)27(28)26(25)20-12-13-24(23(31)15-20)36-16-19-9-7-8-17(2)14-19/h5-15,26,32H,4,16H2,1-3H3/t26-/m1/s1. The first kappa shape index (κ1) is 24.3. The lowest BCUT2D eigenvalue weighted by Gasteiger charge is -2.29. The number of allylic oxidation sites excluding steroid dienone is 2. The minimum atomic E-state index is -0.542. The van der Waals surface area contributed by atoms with E-state index in [1.54, 1.807) is 6.92 Å². The summed E-state index contributed by atoms with van der Waals surface area (Å²) in [5.74, 6) is -0.275. The molecule has 0 aromatic heterocycles. The van der Waals surface area contributed by atoms with Gasteiger partial charge in [0.05, 0.1) is 21.4 Å². The molecule has 0 radical (unpaired) electrons. The van der Waals surface area contributed by atoms with Gasteiger partial charge in [-0.25, -0.2) is 4.79 Å². The number of halogens is 1. The Hall–Kier alpha value is -3.39. The second-order valence-corrected chi connectivity index (χ2v) is 10.1. The summed E-state index contributed by atoms with van der Waals surface area (Å²) in [7, 11) is 0. The minimum absolute atomic E-state index is 0.0674. The fourth-order valence-electron chi connectivity index (χ4n) is 4.92. The molecule has 3 aromatic carbocycles. The van der Waals surface area contributed by atoms with E-state index in [2.05, 4.69) is 47.0 Å².